The number of aryl methyl sites for hydroxylation is 1. The molecular weight excluding hydrogens is 304 g/mol. The van der Waals surface area contributed by atoms with Crippen molar-refractivity contribution < 1.29 is 9.69 Å². The van der Waals surface area contributed by atoms with E-state index in [-0.39, 0.29) is 5.91 Å². The van der Waals surface area contributed by atoms with E-state index in [4.69, 9.17) is 0 Å². The number of carbonyl (C=O) groups is 1. The minimum atomic E-state index is 0.134. The van der Waals surface area contributed by atoms with Crippen molar-refractivity contribution in [2.45, 2.75) is 32.2 Å². The fraction of sp³-hybridized carbons (Fsp3) is 0.421. The van der Waals surface area contributed by atoms with Gasteiger partial charge in [0, 0.05) is 28.5 Å². The van der Waals surface area contributed by atoms with Crippen LogP contribution >= 0.6 is 11.3 Å². The highest BCUT2D eigenvalue weighted by Crippen LogP contribution is 2.42. The molecular formula is C19H23N2OS+. The molecule has 2 aliphatic rings. The van der Waals surface area contributed by atoms with Gasteiger partial charge in [-0.3, -0.25) is 4.79 Å². The van der Waals surface area contributed by atoms with Gasteiger partial charge >= 0.3 is 0 Å². The first-order valence-electron chi connectivity index (χ1n) is 8.48. The summed E-state index contributed by atoms with van der Waals surface area (Å²) in [6.07, 6.45) is 3.76. The first-order chi connectivity index (χ1) is 11.2. The third kappa shape index (κ3) is 3.19. The molecule has 1 saturated carbocycles. The topological polar surface area (TPSA) is 33.5 Å². The number of amides is 1. The Morgan fingerprint density at radius 1 is 1.35 bits per heavy atom. The monoisotopic (exact) mass is 327 g/mol. The number of anilines is 1. The molecule has 120 valence electrons. The smallest absolute Gasteiger partial charge is 0.279 e. The summed E-state index contributed by atoms with van der Waals surface area (Å²) >= 11 is 1.89. The van der Waals surface area contributed by atoms with Crippen LogP contribution in [-0.4, -0.2) is 19.0 Å². The summed E-state index contributed by atoms with van der Waals surface area (Å²) in [5, 5.41) is 5.29. The zero-order chi connectivity index (χ0) is 15.8. The van der Waals surface area contributed by atoms with Gasteiger partial charge in [0.2, 0.25) is 0 Å². The van der Waals surface area contributed by atoms with Crippen molar-refractivity contribution in [2.24, 2.45) is 5.92 Å². The van der Waals surface area contributed by atoms with Gasteiger partial charge in [0.15, 0.2) is 6.54 Å². The maximum Gasteiger partial charge on any atom is 0.279 e. The number of rotatable bonds is 4. The molecule has 1 aromatic carbocycles. The fourth-order valence-electron chi connectivity index (χ4n) is 3.83. The lowest BCUT2D eigenvalue weighted by Gasteiger charge is -2.32. The Morgan fingerprint density at radius 3 is 3.00 bits per heavy atom. The normalized spacial score (nSPS) is 23.3. The molecule has 2 atom stereocenters. The van der Waals surface area contributed by atoms with Gasteiger partial charge in [0.05, 0.1) is 6.54 Å². The van der Waals surface area contributed by atoms with Gasteiger partial charge in [-0.1, -0.05) is 12.1 Å². The predicted octanol–water partition coefficient (Wildman–Crippen LogP) is 2.59. The van der Waals surface area contributed by atoms with Gasteiger partial charge < -0.3 is 10.2 Å². The number of hydrogen-bond donors (Lipinski definition) is 2. The molecule has 4 heteroatoms. The van der Waals surface area contributed by atoms with E-state index in [0.29, 0.717) is 12.6 Å². The van der Waals surface area contributed by atoms with Gasteiger partial charge in [-0.15, -0.1) is 11.3 Å². The Balaban J connectivity index is 1.46. The molecule has 0 spiro atoms. The molecule has 1 aromatic heterocycles. The summed E-state index contributed by atoms with van der Waals surface area (Å²) in [4.78, 5) is 15.5. The summed E-state index contributed by atoms with van der Waals surface area (Å²) in [6.45, 7) is 3.70. The molecule has 2 heterocycles. The lowest BCUT2D eigenvalue weighted by Crippen LogP contribution is -3.14. The molecule has 1 aliphatic carbocycles. The lowest BCUT2D eigenvalue weighted by atomic mass is 9.96. The second-order valence-electron chi connectivity index (χ2n) is 6.87. The number of quaternary nitrogens is 1. The average Bonchev–Trinajstić information content (AvgIpc) is 3.23. The first-order valence-corrected chi connectivity index (χ1v) is 9.36. The second-order valence-corrected chi connectivity index (χ2v) is 7.87. The Bertz CT molecular complexity index is 720. The van der Waals surface area contributed by atoms with Crippen molar-refractivity contribution in [3.63, 3.8) is 0 Å². The maximum atomic E-state index is 12.5. The summed E-state index contributed by atoms with van der Waals surface area (Å²) in [6, 6.07) is 10.9. The van der Waals surface area contributed by atoms with Crippen molar-refractivity contribution >= 4 is 22.9 Å². The highest BCUT2D eigenvalue weighted by atomic mass is 32.1. The number of fused-ring (bicyclic) bond motifs is 1. The minimum absolute atomic E-state index is 0.134. The van der Waals surface area contributed by atoms with Crippen LogP contribution in [-0.2, 0) is 11.2 Å². The Hall–Kier alpha value is -1.65. The van der Waals surface area contributed by atoms with Gasteiger partial charge in [0.25, 0.3) is 5.91 Å². The van der Waals surface area contributed by atoms with Crippen LogP contribution in [0.1, 0.15) is 34.9 Å². The van der Waals surface area contributed by atoms with Crippen LogP contribution in [0.4, 0.5) is 5.69 Å². The van der Waals surface area contributed by atoms with E-state index in [1.54, 1.807) is 4.88 Å². The van der Waals surface area contributed by atoms with E-state index in [2.05, 4.69) is 16.8 Å². The van der Waals surface area contributed by atoms with E-state index >= 15 is 0 Å². The van der Waals surface area contributed by atoms with Crippen molar-refractivity contribution in [2.75, 3.05) is 18.4 Å². The van der Waals surface area contributed by atoms with Crippen LogP contribution in [0.2, 0.25) is 0 Å². The molecule has 0 bridgehead atoms. The van der Waals surface area contributed by atoms with E-state index in [0.717, 1.165) is 24.6 Å². The third-order valence-corrected chi connectivity index (χ3v) is 6.01. The summed E-state index contributed by atoms with van der Waals surface area (Å²) in [5.41, 5.74) is 3.60. The highest BCUT2D eigenvalue weighted by molar-refractivity contribution is 7.10. The Labute approximate surface area is 141 Å². The summed E-state index contributed by atoms with van der Waals surface area (Å²) < 4.78 is 0. The SMILES string of the molecule is Cc1cccc(NC(=O)C[NH+]2CCc3sccc3[C@H]2C2CC2)c1. The second kappa shape index (κ2) is 6.10. The molecule has 0 radical (unpaired) electrons. The predicted molar refractivity (Wildman–Crippen MR) is 94.0 cm³/mol. The number of thiophene rings is 1. The highest BCUT2D eigenvalue weighted by Gasteiger charge is 2.43. The van der Waals surface area contributed by atoms with Crippen LogP contribution in [0.3, 0.4) is 0 Å². The van der Waals surface area contributed by atoms with Crippen molar-refractivity contribution in [3.8, 4) is 0 Å². The molecule has 1 unspecified atom stereocenters. The average molecular weight is 327 g/mol. The van der Waals surface area contributed by atoms with E-state index < -0.39 is 0 Å². The van der Waals surface area contributed by atoms with Crippen LogP contribution in [0.15, 0.2) is 35.7 Å². The zero-order valence-corrected chi connectivity index (χ0v) is 14.3. The van der Waals surface area contributed by atoms with Crippen LogP contribution < -0.4 is 10.2 Å². The molecule has 1 aliphatic heterocycles. The van der Waals surface area contributed by atoms with Gasteiger partial charge in [-0.25, -0.2) is 0 Å². The molecule has 4 rings (SSSR count). The first kappa shape index (κ1) is 14.9. The van der Waals surface area contributed by atoms with Crippen molar-refractivity contribution in [3.05, 3.63) is 51.7 Å². The third-order valence-electron chi connectivity index (χ3n) is 5.01. The van der Waals surface area contributed by atoms with E-state index in [9.17, 15) is 4.79 Å². The standard InChI is InChI=1S/C19H22N2OS/c1-13-3-2-4-15(11-13)20-18(22)12-21-9-7-17-16(8-10-23-17)19(21)14-5-6-14/h2-4,8,10-11,14,19H,5-7,9,12H2,1H3,(H,20,22)/p+1/t19-/m1/s1. The van der Waals surface area contributed by atoms with Gasteiger partial charge in [0.1, 0.15) is 6.04 Å². The van der Waals surface area contributed by atoms with E-state index in [1.807, 2.05) is 42.5 Å². The van der Waals surface area contributed by atoms with Gasteiger partial charge in [-0.2, -0.15) is 0 Å². The largest absolute Gasteiger partial charge is 0.321 e. The van der Waals surface area contributed by atoms with Crippen LogP contribution in [0.25, 0.3) is 0 Å². The number of hydrogen-bond acceptors (Lipinski definition) is 2. The van der Waals surface area contributed by atoms with Crippen molar-refractivity contribution in [1.29, 1.82) is 0 Å². The number of benzene rings is 1. The number of nitrogens with one attached hydrogen (secondary N) is 2. The van der Waals surface area contributed by atoms with Crippen molar-refractivity contribution in [1.82, 2.24) is 0 Å². The Kier molecular flexibility index (Phi) is 3.95. The van der Waals surface area contributed by atoms with Crippen LogP contribution in [0, 0.1) is 12.8 Å². The quantitative estimate of drug-likeness (QED) is 0.889. The van der Waals surface area contributed by atoms with Gasteiger partial charge in [-0.05, 0) is 48.9 Å². The molecule has 1 fully saturated rings. The molecule has 3 nitrogen and oxygen atoms in total. The minimum Gasteiger partial charge on any atom is -0.321 e. The Morgan fingerprint density at radius 2 is 2.22 bits per heavy atom. The molecule has 2 N–H and O–H groups in total. The lowest BCUT2D eigenvalue weighted by molar-refractivity contribution is -0.928. The molecule has 0 saturated heterocycles. The zero-order valence-electron chi connectivity index (χ0n) is 13.5. The van der Waals surface area contributed by atoms with Crippen LogP contribution in [0.5, 0.6) is 0 Å². The molecule has 1 amide bonds. The number of carbonyl (C=O) groups excluding carboxylic acids is 1. The van der Waals surface area contributed by atoms with E-state index in [1.165, 1.54) is 28.9 Å². The summed E-state index contributed by atoms with van der Waals surface area (Å²) in [5.74, 6) is 0.917. The maximum absolute atomic E-state index is 12.5. The summed E-state index contributed by atoms with van der Waals surface area (Å²) in [7, 11) is 0. The fourth-order valence-corrected chi connectivity index (χ4v) is 4.76. The molecule has 23 heavy (non-hydrogen) atoms. The molecule has 2 aromatic rings.